The molecule has 2 heterocycles. The maximum absolute atomic E-state index is 10.2. The van der Waals surface area contributed by atoms with Crippen LogP contribution in [0, 0.1) is 0 Å². The number of aromatic carboxylic acids is 1. The summed E-state index contributed by atoms with van der Waals surface area (Å²) in [4.78, 5) is 20.2. The van der Waals surface area contributed by atoms with Crippen molar-refractivity contribution in [1.29, 1.82) is 0 Å². The molecule has 0 atom stereocenters. The summed E-state index contributed by atoms with van der Waals surface area (Å²) >= 11 is 5.05. The summed E-state index contributed by atoms with van der Waals surface area (Å²) in [5, 5.41) is 19.5. The van der Waals surface area contributed by atoms with Crippen LogP contribution in [0.5, 0.6) is 0 Å². The van der Waals surface area contributed by atoms with E-state index in [2.05, 4.69) is 41.8 Å². The standard InChI is InChI=1S/C4H3ClN2O.C4H4N2O2.B54H3.B54.Cl2OS/c5-4(8)3-1-6-7-2-3;7-4(8)3-1-5-6-2-3;2*1-29(2)43(30(3)4)50(44(31(5)6)32(7)8)53(49(41(25)26)42(27)28)54(51(45(33(9)10)34(11)12)46(35(13)14)36(15)16)52(47(37(17)18)38(19)20)48(39(21)22)40(23)24;1-4(2)3/h1-2H,(H,6,7);1-2H,(H,5,6)(H,7,8);1H3;;/q;;-1;;. The van der Waals surface area contributed by atoms with Crippen molar-refractivity contribution in [3.8, 4) is 0 Å². The molecule has 2 aromatic rings. The molecule has 128 heavy (non-hydrogen) atoms. The van der Waals surface area contributed by atoms with E-state index in [0.29, 0.717) is 5.56 Å². The molecule has 0 aromatic carbocycles. The molecule has 0 bridgehead atoms. The fourth-order valence-electron chi connectivity index (χ4n) is 18.9. The van der Waals surface area contributed by atoms with E-state index in [0.717, 1.165) is 0 Å². The Morgan fingerprint density at radius 2 is 0.336 bits per heavy atom. The third kappa shape index (κ3) is 43.3. The molecule has 0 fully saturated rings. The number of rotatable bonds is 52. The minimum absolute atomic E-state index is 0.185. The second-order valence-electron chi connectivity index (χ2n) is 32.4. The van der Waals surface area contributed by atoms with Crippen LogP contribution in [0.4, 0.5) is 0 Å². The lowest BCUT2D eigenvalue weighted by Gasteiger charge is -2.58. The smallest absolute Gasteiger partial charge is 0.338 e. The van der Waals surface area contributed by atoms with Gasteiger partial charge < -0.3 is 5.11 Å². The Balaban J connectivity index is -0.00000199. The zero-order chi connectivity index (χ0) is 102. The lowest BCUT2D eigenvalue weighted by Crippen LogP contribution is -2.96. The summed E-state index contributed by atoms with van der Waals surface area (Å²) in [6.07, 6.45) is -62.0. The number of H-pyrrole nitrogens is 2. The summed E-state index contributed by atoms with van der Waals surface area (Å²) < 4.78 is 9.09. The number of carbonyl (C=O) groups is 2. The fourth-order valence-corrected chi connectivity index (χ4v) is 19.0. The maximum atomic E-state index is 10.2. The van der Waals surface area contributed by atoms with Gasteiger partial charge in [0.15, 0.2) is 0 Å². The topological polar surface area (TPSA) is 129 Å². The summed E-state index contributed by atoms with van der Waals surface area (Å²) in [5.41, 5.74) is 0.580. The molecule has 0 saturated carbocycles. The van der Waals surface area contributed by atoms with Crippen molar-refractivity contribution < 1.29 is 18.9 Å². The first-order valence-electron chi connectivity index (χ1n) is 39.5. The summed E-state index contributed by atoms with van der Waals surface area (Å²) in [6.45, 7) is 0. The number of halogens is 3. The van der Waals surface area contributed by atoms with Crippen LogP contribution in [-0.4, -0.2) is 806 Å². The number of nitrogens with one attached hydrogen (secondary N) is 2. The predicted molar refractivity (Wildman–Crippen MR) is 700 cm³/mol. The maximum Gasteiger partial charge on any atom is 0.338 e. The SMILES string of the molecule is O=C(Cl)c1cn[nH]c1.O=C(O)c1cn[nH]c1.O=S(Cl)Cl.[B]B([B])B(B([B])[B])B(B(B([B])[B])B([B])[B])B(B(B(B([B])[B])B([B])[B])B(B([B])[B])B([B])[B])B(B(B([B])[B])B([B])[B])B(B(B([B])[B])B([B])[B])B(B([B])[B])B([B])[BH3-].[B]B([B])B(B([B])[B])B(B(B([B])[B])B([B])[B])B(B(B([B])[B])B([B])[B])B(B(B(B([B])[B])B([B])[B])B(B([B])[B])B([B])[B])B(B(B([B])[B])B([B])[B])B(B([B])[B])B([B])[B]. The summed E-state index contributed by atoms with van der Waals surface area (Å²) in [5.74, 6) is -0.959. The van der Waals surface area contributed by atoms with Gasteiger partial charge in [-0.25, -0.2) is 9.00 Å². The lowest BCUT2D eigenvalue weighted by atomic mass is 8.24. The highest BCUT2D eigenvalue weighted by Crippen LogP contribution is 2.27. The molecular formula is C8H10B108Cl3N4O4S-. The van der Waals surface area contributed by atoms with Crippen molar-refractivity contribution in [3.05, 3.63) is 35.9 Å². The Labute approximate surface area is 884 Å². The Kier molecular flexibility index (Phi) is 72.5. The second kappa shape index (κ2) is 67.4. The van der Waals surface area contributed by atoms with Crippen LogP contribution in [0.25, 0.3) is 0 Å². The van der Waals surface area contributed by atoms with E-state index >= 15 is 0 Å². The molecule has 110 radical (unpaired) electrons. The van der Waals surface area contributed by atoms with E-state index in [4.69, 9.17) is 446 Å². The summed E-state index contributed by atoms with van der Waals surface area (Å²) in [7, 11) is 365. The van der Waals surface area contributed by atoms with E-state index in [1.807, 2.05) is 0 Å². The Morgan fingerprint density at radius 1 is 0.234 bits per heavy atom. The van der Waals surface area contributed by atoms with Crippen LogP contribution in [0.1, 0.15) is 20.7 Å². The fraction of sp³-hybridized carbons (Fsp3) is 0. The van der Waals surface area contributed by atoms with Gasteiger partial charge in [-0.3, -0.25) is 15.0 Å². The Bertz CT molecular complexity index is 2650. The van der Waals surface area contributed by atoms with Gasteiger partial charge in [0.05, 0.1) is 23.5 Å². The van der Waals surface area contributed by atoms with Crippen molar-refractivity contribution in [3.63, 3.8) is 0 Å². The average molecular weight is 1530 g/mol. The molecule has 120 heteroatoms. The van der Waals surface area contributed by atoms with Crippen LogP contribution in [0.3, 0.4) is 0 Å². The first-order chi connectivity index (χ1) is 58.3. The van der Waals surface area contributed by atoms with Gasteiger partial charge in [0.1, 0.15) is 0 Å². The highest BCUT2D eigenvalue weighted by Gasteiger charge is 2.64. The molecule has 0 spiro atoms. The van der Waals surface area contributed by atoms with E-state index in [1.165, 1.54) is 24.8 Å². The second-order valence-corrected chi connectivity index (χ2v) is 35.2. The monoisotopic (exact) mass is 1550 g/mol. The van der Waals surface area contributed by atoms with Crippen LogP contribution in [0.2, 0.25) is 0 Å². The van der Waals surface area contributed by atoms with E-state index in [-0.39, 0.29) is 5.56 Å². The quantitative estimate of drug-likeness (QED) is 0.0447. The number of carboxylic acid groups (broad SMARTS) is 1. The molecule has 0 unspecified atom stereocenters. The van der Waals surface area contributed by atoms with E-state index in [1.54, 1.807) is 0 Å². The number of hydrogen-bond donors (Lipinski definition) is 3. The van der Waals surface area contributed by atoms with E-state index in [9.17, 15) is 9.59 Å². The first kappa shape index (κ1) is 138. The molecule has 3 N–H and O–H groups in total. The minimum atomic E-state index is -1.67. The number of nitrogens with zero attached hydrogens (tertiary/aromatic N) is 2. The van der Waals surface area contributed by atoms with Crippen molar-refractivity contribution >= 4 is 819 Å². The van der Waals surface area contributed by atoms with Crippen LogP contribution in [0.15, 0.2) is 24.8 Å². The van der Waals surface area contributed by atoms with Crippen LogP contribution in [-0.2, 0) is 9.23 Å². The van der Waals surface area contributed by atoms with Crippen molar-refractivity contribution in [2.45, 2.75) is 0 Å². The molecule has 0 aliphatic heterocycles. The van der Waals surface area contributed by atoms with Crippen LogP contribution >= 0.6 is 33.0 Å². The molecule has 0 amide bonds. The highest BCUT2D eigenvalue weighted by molar-refractivity contribution is 8.40. The number of aromatic nitrogens is 4. The third-order valence-electron chi connectivity index (χ3n) is 23.5. The molecular weight excluding hydrogens is 1520 g/mol. The van der Waals surface area contributed by atoms with Crippen LogP contribution < -0.4 is 0 Å². The average Bonchev–Trinajstić information content (AvgIpc) is 0.791. The molecule has 0 aliphatic rings. The first-order valence-corrected chi connectivity index (χ1v) is 42.7. The van der Waals surface area contributed by atoms with Gasteiger partial charge in [-0.2, -0.15) is 10.2 Å². The molecule has 2 aromatic heterocycles. The van der Waals surface area contributed by atoms with Crippen molar-refractivity contribution in [2.75, 3.05) is 0 Å². The number of carbonyl (C=O) groups excluding carboxylic acids is 1. The van der Waals surface area contributed by atoms with Gasteiger partial charge in [0.2, 0.25) is 9.23 Å². The van der Waals surface area contributed by atoms with Gasteiger partial charge in [-0.05, 0) is 380 Å². The molecule has 8 nitrogen and oxygen atoms in total. The summed E-state index contributed by atoms with van der Waals surface area (Å²) in [6, 6.07) is 0. The van der Waals surface area contributed by atoms with Gasteiger partial charge in [0, 0.05) is 416 Å². The van der Waals surface area contributed by atoms with E-state index < -0.39 is 360 Å². The lowest BCUT2D eigenvalue weighted by molar-refractivity contribution is 0.0696. The number of carboxylic acids is 1. The van der Waals surface area contributed by atoms with Gasteiger partial charge >= 0.3 is 5.97 Å². The molecule has 0 saturated heterocycles. The van der Waals surface area contributed by atoms with Crippen molar-refractivity contribution in [2.24, 2.45) is 0 Å². The minimum Gasteiger partial charge on any atom is -0.478 e. The number of aromatic amines is 2. The normalized spacial score (nSPS) is 9.60. The molecule has 438 valence electrons. The number of hydrogen-bond acceptors (Lipinski definition) is 5. The Morgan fingerprint density at radius 3 is 0.406 bits per heavy atom. The zero-order valence-electron chi connectivity index (χ0n) is 71.2. The van der Waals surface area contributed by atoms with Gasteiger partial charge in [0.25, 0.3) is 5.24 Å². The van der Waals surface area contributed by atoms with Gasteiger partial charge in [-0.15, -0.1) is 6.39 Å². The zero-order valence-corrected chi connectivity index (χ0v) is 74.3. The molecule has 2 rings (SSSR count). The van der Waals surface area contributed by atoms with Gasteiger partial charge in [-0.1, -0.05) is 7.74 Å². The highest BCUT2D eigenvalue weighted by atomic mass is 36.0. The Hall–Kier alpha value is 5.59. The third-order valence-corrected chi connectivity index (χ3v) is 23.7. The molecule has 0 aliphatic carbocycles. The largest absolute Gasteiger partial charge is 0.478 e. The predicted octanol–water partition coefficient (Wildman–Crippen LogP) is -40.0. The van der Waals surface area contributed by atoms with Crippen molar-refractivity contribution in [1.82, 2.24) is 20.4 Å².